The average molecular weight is 315 g/mol. The Morgan fingerprint density at radius 3 is 2.52 bits per heavy atom. The van der Waals surface area contributed by atoms with Crippen molar-refractivity contribution in [3.63, 3.8) is 0 Å². The van der Waals surface area contributed by atoms with Crippen LogP contribution in [-0.2, 0) is 4.79 Å². The molecule has 0 aliphatic rings. The van der Waals surface area contributed by atoms with E-state index in [1.807, 2.05) is 44.2 Å². The van der Waals surface area contributed by atoms with Gasteiger partial charge in [0.15, 0.2) is 11.5 Å². The van der Waals surface area contributed by atoms with Crippen LogP contribution in [-0.4, -0.2) is 30.1 Å². The van der Waals surface area contributed by atoms with Gasteiger partial charge in [-0.15, -0.1) is 0 Å². The highest BCUT2D eigenvalue weighted by atomic mass is 16.5. The molecular formula is C17H21N3O3. The lowest BCUT2D eigenvalue weighted by molar-refractivity contribution is -0.122. The van der Waals surface area contributed by atoms with Gasteiger partial charge < -0.3 is 15.2 Å². The largest absolute Gasteiger partial charge is 0.357 e. The lowest BCUT2D eigenvalue weighted by Gasteiger charge is -2.18. The molecule has 0 saturated heterocycles. The van der Waals surface area contributed by atoms with E-state index in [-0.39, 0.29) is 17.5 Å². The van der Waals surface area contributed by atoms with Crippen LogP contribution < -0.4 is 10.6 Å². The summed E-state index contributed by atoms with van der Waals surface area (Å²) in [5.74, 6) is 0.134. The van der Waals surface area contributed by atoms with Crippen LogP contribution in [0.5, 0.6) is 0 Å². The van der Waals surface area contributed by atoms with Gasteiger partial charge in [-0.3, -0.25) is 9.59 Å². The summed E-state index contributed by atoms with van der Waals surface area (Å²) in [5, 5.41) is 9.06. The molecule has 0 saturated carbocycles. The molecule has 6 heteroatoms. The molecule has 1 aromatic carbocycles. The van der Waals surface area contributed by atoms with E-state index in [0.717, 1.165) is 5.56 Å². The lowest BCUT2D eigenvalue weighted by atomic mass is 10.0. The number of rotatable bonds is 6. The Hall–Kier alpha value is -2.63. The van der Waals surface area contributed by atoms with E-state index in [2.05, 4.69) is 15.8 Å². The van der Waals surface area contributed by atoms with E-state index >= 15 is 0 Å². The van der Waals surface area contributed by atoms with Gasteiger partial charge in [-0.05, 0) is 12.3 Å². The summed E-state index contributed by atoms with van der Waals surface area (Å²) < 4.78 is 5.21. The third-order valence-corrected chi connectivity index (χ3v) is 3.38. The average Bonchev–Trinajstić information content (AvgIpc) is 3.04. The molecule has 1 aromatic heterocycles. The number of nitrogens with zero attached hydrogens (tertiary/aromatic N) is 1. The van der Waals surface area contributed by atoms with Crippen LogP contribution >= 0.6 is 0 Å². The number of carbonyl (C=O) groups excluding carboxylic acids is 2. The molecular weight excluding hydrogens is 294 g/mol. The maximum Gasteiger partial charge on any atom is 0.274 e. The van der Waals surface area contributed by atoms with Gasteiger partial charge in [0.1, 0.15) is 6.04 Å². The van der Waals surface area contributed by atoms with Gasteiger partial charge in [-0.2, -0.15) is 0 Å². The third kappa shape index (κ3) is 4.42. The molecule has 0 aliphatic heterocycles. The van der Waals surface area contributed by atoms with Gasteiger partial charge in [0.25, 0.3) is 5.91 Å². The Kier molecular flexibility index (Phi) is 5.51. The zero-order valence-corrected chi connectivity index (χ0v) is 13.5. The molecule has 0 fully saturated rings. The topological polar surface area (TPSA) is 84.2 Å². The molecule has 2 rings (SSSR count). The normalized spacial score (nSPS) is 12.0. The number of hydrogen-bond donors (Lipinski definition) is 2. The summed E-state index contributed by atoms with van der Waals surface area (Å²) in [4.78, 5) is 24.2. The van der Waals surface area contributed by atoms with E-state index in [4.69, 9.17) is 4.52 Å². The fourth-order valence-corrected chi connectivity index (χ4v) is 2.23. The van der Waals surface area contributed by atoms with E-state index in [9.17, 15) is 9.59 Å². The zero-order valence-electron chi connectivity index (χ0n) is 13.5. The molecule has 1 unspecified atom stereocenters. The highest BCUT2D eigenvalue weighted by molar-refractivity contribution is 5.96. The summed E-state index contributed by atoms with van der Waals surface area (Å²) in [6.07, 6.45) is 0.550. The molecule has 6 nitrogen and oxygen atoms in total. The second-order valence-electron chi connectivity index (χ2n) is 5.71. The fourth-order valence-electron chi connectivity index (χ4n) is 2.23. The highest BCUT2D eigenvalue weighted by Gasteiger charge is 2.23. The molecule has 23 heavy (non-hydrogen) atoms. The number of likely N-dealkylation sites (N-methyl/N-ethyl adjacent to an activating group) is 1. The van der Waals surface area contributed by atoms with E-state index in [1.165, 1.54) is 0 Å². The number of amides is 2. The standard InChI is InChI=1S/C17H21N3O3/c1-11(2)9-13(16(21)18-3)19-17(22)14-10-15(23-20-14)12-7-5-4-6-8-12/h4-8,10-11,13H,9H2,1-3H3,(H,18,21)(H,19,22). The first kappa shape index (κ1) is 16.7. The molecule has 0 radical (unpaired) electrons. The minimum absolute atomic E-state index is 0.154. The Bertz CT molecular complexity index is 665. The zero-order chi connectivity index (χ0) is 16.8. The molecule has 1 atom stereocenters. The SMILES string of the molecule is CNC(=O)C(CC(C)C)NC(=O)c1cc(-c2ccccc2)on1. The minimum atomic E-state index is -0.593. The first-order valence-corrected chi connectivity index (χ1v) is 7.56. The van der Waals surface area contributed by atoms with Gasteiger partial charge in [0, 0.05) is 18.7 Å². The smallest absolute Gasteiger partial charge is 0.274 e. The van der Waals surface area contributed by atoms with Crippen LogP contribution in [0.3, 0.4) is 0 Å². The van der Waals surface area contributed by atoms with Crippen molar-refractivity contribution < 1.29 is 14.1 Å². The van der Waals surface area contributed by atoms with Crippen LogP contribution in [0.15, 0.2) is 40.9 Å². The number of benzene rings is 1. The summed E-state index contributed by atoms with van der Waals surface area (Å²) in [6.45, 7) is 3.98. The maximum absolute atomic E-state index is 12.3. The van der Waals surface area contributed by atoms with Crippen LogP contribution in [0, 0.1) is 5.92 Å². The van der Waals surface area contributed by atoms with Crippen LogP contribution in [0.1, 0.15) is 30.8 Å². The molecule has 2 amide bonds. The summed E-state index contributed by atoms with van der Waals surface area (Å²) >= 11 is 0. The van der Waals surface area contributed by atoms with Gasteiger partial charge in [0.2, 0.25) is 5.91 Å². The Labute approximate surface area is 135 Å². The Morgan fingerprint density at radius 1 is 1.22 bits per heavy atom. The van der Waals surface area contributed by atoms with Crippen LogP contribution in [0.25, 0.3) is 11.3 Å². The van der Waals surface area contributed by atoms with Gasteiger partial charge in [-0.25, -0.2) is 0 Å². The van der Waals surface area contributed by atoms with Crippen molar-refractivity contribution in [2.45, 2.75) is 26.3 Å². The maximum atomic E-state index is 12.3. The lowest BCUT2D eigenvalue weighted by Crippen LogP contribution is -2.46. The molecule has 0 aliphatic carbocycles. The van der Waals surface area contributed by atoms with Crippen molar-refractivity contribution in [3.8, 4) is 11.3 Å². The molecule has 122 valence electrons. The van der Waals surface area contributed by atoms with Crippen molar-refractivity contribution >= 4 is 11.8 Å². The highest BCUT2D eigenvalue weighted by Crippen LogP contribution is 2.19. The second-order valence-corrected chi connectivity index (χ2v) is 5.71. The van der Waals surface area contributed by atoms with Crippen molar-refractivity contribution in [2.75, 3.05) is 7.05 Å². The van der Waals surface area contributed by atoms with Gasteiger partial charge in [0.05, 0.1) is 0 Å². The fraction of sp³-hybridized carbons (Fsp3) is 0.353. The molecule has 0 bridgehead atoms. The number of nitrogens with one attached hydrogen (secondary N) is 2. The Balaban J connectivity index is 2.11. The van der Waals surface area contributed by atoms with Crippen LogP contribution in [0.4, 0.5) is 0 Å². The molecule has 1 heterocycles. The molecule has 0 spiro atoms. The number of carbonyl (C=O) groups is 2. The summed E-state index contributed by atoms with van der Waals surface area (Å²) in [5.41, 5.74) is 0.991. The van der Waals surface area contributed by atoms with Crippen molar-refractivity contribution in [3.05, 3.63) is 42.1 Å². The van der Waals surface area contributed by atoms with Gasteiger partial charge >= 0.3 is 0 Å². The first-order chi connectivity index (χ1) is 11.0. The van der Waals surface area contributed by atoms with Crippen molar-refractivity contribution in [2.24, 2.45) is 5.92 Å². The van der Waals surface area contributed by atoms with Crippen molar-refractivity contribution in [1.29, 1.82) is 0 Å². The summed E-state index contributed by atoms with van der Waals surface area (Å²) in [6, 6.07) is 10.4. The quantitative estimate of drug-likeness (QED) is 0.856. The molecule has 2 aromatic rings. The Morgan fingerprint density at radius 2 is 1.91 bits per heavy atom. The predicted molar refractivity (Wildman–Crippen MR) is 86.7 cm³/mol. The summed E-state index contributed by atoms with van der Waals surface area (Å²) in [7, 11) is 1.55. The first-order valence-electron chi connectivity index (χ1n) is 7.56. The number of hydrogen-bond acceptors (Lipinski definition) is 4. The van der Waals surface area contributed by atoms with Gasteiger partial charge in [-0.1, -0.05) is 49.3 Å². The second kappa shape index (κ2) is 7.58. The van der Waals surface area contributed by atoms with Crippen molar-refractivity contribution in [1.82, 2.24) is 15.8 Å². The molecule has 2 N–H and O–H groups in total. The van der Waals surface area contributed by atoms with E-state index in [0.29, 0.717) is 12.2 Å². The minimum Gasteiger partial charge on any atom is -0.357 e. The van der Waals surface area contributed by atoms with E-state index < -0.39 is 11.9 Å². The number of aromatic nitrogens is 1. The van der Waals surface area contributed by atoms with E-state index in [1.54, 1.807) is 13.1 Å². The third-order valence-electron chi connectivity index (χ3n) is 3.38. The monoisotopic (exact) mass is 315 g/mol. The van der Waals surface area contributed by atoms with Crippen LogP contribution in [0.2, 0.25) is 0 Å². The predicted octanol–water partition coefficient (Wildman–Crippen LogP) is 2.23.